The molecule has 1 aromatic rings. The first-order valence-electron chi connectivity index (χ1n) is 6.20. The van der Waals surface area contributed by atoms with Crippen molar-refractivity contribution in [2.75, 3.05) is 37.0 Å². The highest BCUT2D eigenvalue weighted by Gasteiger charge is 2.18. The molecule has 0 bridgehead atoms. The highest BCUT2D eigenvalue weighted by Crippen LogP contribution is 2.18. The molecule has 2 heterocycles. The lowest BCUT2D eigenvalue weighted by Crippen LogP contribution is -2.32. The zero-order valence-electron chi connectivity index (χ0n) is 10.5. The first-order valence-corrected chi connectivity index (χ1v) is 6.20. The summed E-state index contributed by atoms with van der Waals surface area (Å²) in [7, 11) is 1.87. The third-order valence-corrected chi connectivity index (χ3v) is 3.04. The van der Waals surface area contributed by atoms with Crippen molar-refractivity contribution in [3.05, 3.63) is 12.4 Å². The average molecular weight is 236 g/mol. The maximum absolute atomic E-state index is 5.76. The smallest absolute Gasteiger partial charge is 0.134 e. The number of aromatic nitrogens is 2. The lowest BCUT2D eigenvalue weighted by molar-refractivity contribution is 0.0664. The summed E-state index contributed by atoms with van der Waals surface area (Å²) in [6.45, 7) is 4.92. The molecule has 1 N–H and O–H groups in total. The fourth-order valence-electron chi connectivity index (χ4n) is 2.01. The van der Waals surface area contributed by atoms with Gasteiger partial charge in [0.1, 0.15) is 18.0 Å². The Labute approximate surface area is 102 Å². The zero-order chi connectivity index (χ0) is 12.1. The van der Waals surface area contributed by atoms with Crippen LogP contribution in [0.15, 0.2) is 12.4 Å². The maximum Gasteiger partial charge on any atom is 0.134 e. The third kappa shape index (κ3) is 3.06. The van der Waals surface area contributed by atoms with Crippen molar-refractivity contribution in [2.45, 2.75) is 25.9 Å². The van der Waals surface area contributed by atoms with Crippen molar-refractivity contribution in [3.8, 4) is 0 Å². The summed E-state index contributed by atoms with van der Waals surface area (Å²) in [6, 6.07) is 1.98. The van der Waals surface area contributed by atoms with Gasteiger partial charge >= 0.3 is 0 Å². The summed E-state index contributed by atoms with van der Waals surface area (Å²) in [5.41, 5.74) is 0. The first kappa shape index (κ1) is 12.1. The topological polar surface area (TPSA) is 50.3 Å². The Morgan fingerprint density at radius 2 is 2.41 bits per heavy atom. The van der Waals surface area contributed by atoms with Gasteiger partial charge in [0.05, 0.1) is 6.10 Å². The summed E-state index contributed by atoms with van der Waals surface area (Å²) < 4.78 is 5.76. The summed E-state index contributed by atoms with van der Waals surface area (Å²) in [5, 5.41) is 3.04. The van der Waals surface area contributed by atoms with Gasteiger partial charge in [-0.1, -0.05) is 6.92 Å². The van der Waals surface area contributed by atoms with Gasteiger partial charge in [0, 0.05) is 32.8 Å². The lowest BCUT2D eigenvalue weighted by atomic mass is 10.2. The number of rotatable bonds is 3. The van der Waals surface area contributed by atoms with Crippen LogP contribution < -0.4 is 10.2 Å². The predicted molar refractivity (Wildman–Crippen MR) is 68.4 cm³/mol. The van der Waals surface area contributed by atoms with E-state index in [1.165, 1.54) is 0 Å². The normalized spacial score (nSPS) is 21.1. The molecular formula is C12H20N4O. The Morgan fingerprint density at radius 1 is 1.53 bits per heavy atom. The SMILES string of the molecule is CCC1CN(c2cc(NC)ncn2)CCCO1. The molecule has 0 saturated carbocycles. The molecule has 0 spiro atoms. The number of anilines is 2. The highest BCUT2D eigenvalue weighted by molar-refractivity contribution is 5.48. The molecule has 0 aliphatic carbocycles. The van der Waals surface area contributed by atoms with Gasteiger partial charge in [-0.05, 0) is 12.8 Å². The van der Waals surface area contributed by atoms with Gasteiger partial charge in [-0.15, -0.1) is 0 Å². The van der Waals surface area contributed by atoms with Crippen LogP contribution in [0.25, 0.3) is 0 Å². The molecule has 94 valence electrons. The molecule has 1 fully saturated rings. The van der Waals surface area contributed by atoms with E-state index in [9.17, 15) is 0 Å². The highest BCUT2D eigenvalue weighted by atomic mass is 16.5. The Morgan fingerprint density at radius 3 is 3.18 bits per heavy atom. The van der Waals surface area contributed by atoms with Gasteiger partial charge in [-0.25, -0.2) is 9.97 Å². The number of hydrogen-bond acceptors (Lipinski definition) is 5. The molecule has 1 unspecified atom stereocenters. The standard InChI is InChI=1S/C12H20N4O/c1-3-10-8-16(5-4-6-17-10)12-7-11(13-2)14-9-15-12/h7,9-10H,3-6,8H2,1-2H3,(H,13,14,15). The second-order valence-corrected chi connectivity index (χ2v) is 4.21. The van der Waals surface area contributed by atoms with Gasteiger partial charge in [0.25, 0.3) is 0 Å². The van der Waals surface area contributed by atoms with Crippen molar-refractivity contribution in [2.24, 2.45) is 0 Å². The number of hydrogen-bond donors (Lipinski definition) is 1. The fraction of sp³-hybridized carbons (Fsp3) is 0.667. The van der Waals surface area contributed by atoms with Crippen molar-refractivity contribution < 1.29 is 4.74 Å². The molecule has 1 atom stereocenters. The van der Waals surface area contributed by atoms with E-state index in [0.29, 0.717) is 6.10 Å². The van der Waals surface area contributed by atoms with Gasteiger partial charge in [0.15, 0.2) is 0 Å². The van der Waals surface area contributed by atoms with E-state index in [1.54, 1.807) is 6.33 Å². The first-order chi connectivity index (χ1) is 8.33. The molecule has 1 aromatic heterocycles. The predicted octanol–water partition coefficient (Wildman–Crippen LogP) is 1.52. The van der Waals surface area contributed by atoms with E-state index in [1.807, 2.05) is 13.1 Å². The largest absolute Gasteiger partial charge is 0.376 e. The van der Waals surface area contributed by atoms with Crippen LogP contribution in [0.5, 0.6) is 0 Å². The minimum atomic E-state index is 0.311. The molecular weight excluding hydrogens is 216 g/mol. The van der Waals surface area contributed by atoms with Crippen molar-refractivity contribution >= 4 is 11.6 Å². The van der Waals surface area contributed by atoms with Crippen LogP contribution in [-0.4, -0.2) is 42.8 Å². The van der Waals surface area contributed by atoms with Crippen LogP contribution >= 0.6 is 0 Å². The second kappa shape index (κ2) is 5.82. The second-order valence-electron chi connectivity index (χ2n) is 4.21. The number of nitrogens with one attached hydrogen (secondary N) is 1. The Balaban J connectivity index is 2.13. The molecule has 1 aliphatic heterocycles. The monoisotopic (exact) mass is 236 g/mol. The Hall–Kier alpha value is -1.36. The van der Waals surface area contributed by atoms with Crippen molar-refractivity contribution in [1.29, 1.82) is 0 Å². The zero-order valence-corrected chi connectivity index (χ0v) is 10.5. The Kier molecular flexibility index (Phi) is 4.14. The minimum absolute atomic E-state index is 0.311. The van der Waals surface area contributed by atoms with Crippen LogP contribution in [0.2, 0.25) is 0 Å². The van der Waals surface area contributed by atoms with Crippen LogP contribution in [0.3, 0.4) is 0 Å². The molecule has 5 nitrogen and oxygen atoms in total. The summed E-state index contributed by atoms with van der Waals surface area (Å²) in [5.74, 6) is 1.83. The van der Waals surface area contributed by atoms with E-state index in [4.69, 9.17) is 4.74 Å². The number of nitrogens with zero attached hydrogens (tertiary/aromatic N) is 3. The summed E-state index contributed by atoms with van der Waals surface area (Å²) >= 11 is 0. The average Bonchev–Trinajstić information content (AvgIpc) is 2.64. The van der Waals surface area contributed by atoms with Crippen LogP contribution in [0.4, 0.5) is 11.6 Å². The van der Waals surface area contributed by atoms with Crippen molar-refractivity contribution in [1.82, 2.24) is 9.97 Å². The van der Waals surface area contributed by atoms with Gasteiger partial charge < -0.3 is 15.0 Å². The maximum atomic E-state index is 5.76. The van der Waals surface area contributed by atoms with Crippen LogP contribution in [-0.2, 0) is 4.74 Å². The van der Waals surface area contributed by atoms with Crippen molar-refractivity contribution in [3.63, 3.8) is 0 Å². The van der Waals surface area contributed by atoms with E-state index in [2.05, 4.69) is 27.1 Å². The fourth-order valence-corrected chi connectivity index (χ4v) is 2.01. The summed E-state index contributed by atoms with van der Waals surface area (Å²) in [4.78, 5) is 10.8. The molecule has 0 radical (unpaired) electrons. The molecule has 0 aromatic carbocycles. The Bertz CT molecular complexity index is 358. The molecule has 1 aliphatic rings. The van der Waals surface area contributed by atoms with E-state index < -0.39 is 0 Å². The molecule has 17 heavy (non-hydrogen) atoms. The molecule has 5 heteroatoms. The van der Waals surface area contributed by atoms with E-state index >= 15 is 0 Å². The van der Waals surface area contributed by atoms with Gasteiger partial charge in [-0.3, -0.25) is 0 Å². The number of ether oxygens (including phenoxy) is 1. The molecule has 2 rings (SSSR count). The van der Waals surface area contributed by atoms with Gasteiger partial charge in [-0.2, -0.15) is 0 Å². The summed E-state index contributed by atoms with van der Waals surface area (Å²) in [6.07, 6.45) is 4.01. The van der Waals surface area contributed by atoms with E-state index in [-0.39, 0.29) is 0 Å². The van der Waals surface area contributed by atoms with Gasteiger partial charge in [0.2, 0.25) is 0 Å². The molecule has 1 saturated heterocycles. The quantitative estimate of drug-likeness (QED) is 0.862. The lowest BCUT2D eigenvalue weighted by Gasteiger charge is -2.24. The van der Waals surface area contributed by atoms with Crippen LogP contribution in [0, 0.1) is 0 Å². The minimum Gasteiger partial charge on any atom is -0.376 e. The van der Waals surface area contributed by atoms with E-state index in [0.717, 1.165) is 44.2 Å². The third-order valence-electron chi connectivity index (χ3n) is 3.04. The molecule has 0 amide bonds. The van der Waals surface area contributed by atoms with Crippen LogP contribution in [0.1, 0.15) is 19.8 Å².